The molecule has 5 rings (SSSR count). The van der Waals surface area contributed by atoms with E-state index in [1.165, 1.54) is 24.3 Å². The van der Waals surface area contributed by atoms with E-state index in [1.54, 1.807) is 12.1 Å². The van der Waals surface area contributed by atoms with E-state index in [1.807, 2.05) is 43.3 Å². The highest BCUT2D eigenvalue weighted by atomic mass is 19.1. The van der Waals surface area contributed by atoms with Crippen LogP contribution >= 0.6 is 0 Å². The standard InChI is InChI=1S/C28H22FN3O3/c1-15-19(3-2-4-23(15)32-28(35)17-6-8-18(29)9-7-17)20-11-12-22(27(30)34)26-25(20)21-10-5-16(14-33)13-24(21)31-26/h2-13,31,33H,14H2,1H3,(H2,30,34)(H,32,35). The van der Waals surface area contributed by atoms with Crippen molar-refractivity contribution in [1.82, 2.24) is 4.98 Å². The Kier molecular flexibility index (Phi) is 5.55. The van der Waals surface area contributed by atoms with E-state index in [2.05, 4.69) is 10.3 Å². The van der Waals surface area contributed by atoms with Crippen molar-refractivity contribution < 1.29 is 19.1 Å². The first kappa shape index (κ1) is 22.3. The van der Waals surface area contributed by atoms with Crippen LogP contribution in [-0.4, -0.2) is 21.9 Å². The molecule has 5 aromatic rings. The molecule has 4 aromatic carbocycles. The minimum Gasteiger partial charge on any atom is -0.392 e. The number of nitrogens with one attached hydrogen (secondary N) is 2. The van der Waals surface area contributed by atoms with Gasteiger partial charge in [0.1, 0.15) is 5.82 Å². The second kappa shape index (κ2) is 8.70. The van der Waals surface area contributed by atoms with Crippen molar-refractivity contribution in [3.63, 3.8) is 0 Å². The third kappa shape index (κ3) is 3.92. The predicted molar refractivity (Wildman–Crippen MR) is 135 cm³/mol. The van der Waals surface area contributed by atoms with Crippen molar-refractivity contribution in [3.8, 4) is 11.1 Å². The van der Waals surface area contributed by atoms with Crippen LogP contribution < -0.4 is 11.1 Å². The zero-order chi connectivity index (χ0) is 24.7. The van der Waals surface area contributed by atoms with Gasteiger partial charge in [-0.25, -0.2) is 4.39 Å². The number of H-pyrrole nitrogens is 1. The number of hydrogen-bond acceptors (Lipinski definition) is 3. The average Bonchev–Trinajstić information content (AvgIpc) is 3.23. The quantitative estimate of drug-likeness (QED) is 0.282. The smallest absolute Gasteiger partial charge is 0.255 e. The Morgan fingerprint density at radius 3 is 2.49 bits per heavy atom. The van der Waals surface area contributed by atoms with Gasteiger partial charge in [-0.05, 0) is 71.6 Å². The van der Waals surface area contributed by atoms with E-state index in [0.717, 1.165) is 38.5 Å². The van der Waals surface area contributed by atoms with Crippen molar-refractivity contribution in [2.45, 2.75) is 13.5 Å². The zero-order valence-corrected chi connectivity index (χ0v) is 18.9. The summed E-state index contributed by atoms with van der Waals surface area (Å²) in [5, 5.41) is 14.2. The number of anilines is 1. The second-order valence-electron chi connectivity index (χ2n) is 8.38. The molecule has 0 aliphatic carbocycles. The summed E-state index contributed by atoms with van der Waals surface area (Å²) in [6, 6.07) is 20.1. The number of aliphatic hydroxyl groups excluding tert-OH is 1. The molecule has 6 nitrogen and oxygen atoms in total. The van der Waals surface area contributed by atoms with E-state index in [4.69, 9.17) is 5.73 Å². The van der Waals surface area contributed by atoms with Crippen LogP contribution in [0.4, 0.5) is 10.1 Å². The number of hydrogen-bond donors (Lipinski definition) is 4. The average molecular weight is 468 g/mol. The lowest BCUT2D eigenvalue weighted by atomic mass is 9.93. The summed E-state index contributed by atoms with van der Waals surface area (Å²) in [7, 11) is 0. The summed E-state index contributed by atoms with van der Waals surface area (Å²) < 4.78 is 13.2. The summed E-state index contributed by atoms with van der Waals surface area (Å²) in [6.07, 6.45) is 0. The van der Waals surface area contributed by atoms with Crippen LogP contribution in [0.5, 0.6) is 0 Å². The fourth-order valence-electron chi connectivity index (χ4n) is 4.45. The van der Waals surface area contributed by atoms with Crippen LogP contribution in [0.25, 0.3) is 32.9 Å². The van der Waals surface area contributed by atoms with Gasteiger partial charge < -0.3 is 21.1 Å². The Bertz CT molecular complexity index is 1620. The van der Waals surface area contributed by atoms with E-state index in [9.17, 15) is 19.1 Å². The number of nitrogens with two attached hydrogens (primary N) is 1. The number of fused-ring (bicyclic) bond motifs is 3. The molecule has 0 aliphatic heterocycles. The summed E-state index contributed by atoms with van der Waals surface area (Å²) in [4.78, 5) is 28.2. The molecule has 0 spiro atoms. The number of aromatic amines is 1. The van der Waals surface area contributed by atoms with E-state index < -0.39 is 11.7 Å². The second-order valence-corrected chi connectivity index (χ2v) is 8.38. The Labute approximate surface area is 200 Å². The number of carbonyl (C=O) groups excluding carboxylic acids is 2. The molecule has 0 bridgehead atoms. The molecule has 0 atom stereocenters. The highest BCUT2D eigenvalue weighted by Gasteiger charge is 2.19. The molecule has 0 saturated carbocycles. The number of primary amides is 1. The molecular weight excluding hydrogens is 445 g/mol. The van der Waals surface area contributed by atoms with Crippen molar-refractivity contribution in [2.75, 3.05) is 5.32 Å². The molecule has 1 aromatic heterocycles. The Balaban J connectivity index is 1.66. The number of carbonyl (C=O) groups is 2. The van der Waals surface area contributed by atoms with Crippen LogP contribution in [0, 0.1) is 12.7 Å². The molecule has 2 amide bonds. The summed E-state index contributed by atoms with van der Waals surface area (Å²) in [6.45, 7) is 1.80. The largest absolute Gasteiger partial charge is 0.392 e. The van der Waals surface area contributed by atoms with E-state index in [0.29, 0.717) is 22.3 Å². The van der Waals surface area contributed by atoms with Crippen LogP contribution in [0.15, 0.2) is 72.8 Å². The van der Waals surface area contributed by atoms with Gasteiger partial charge in [0.25, 0.3) is 11.8 Å². The van der Waals surface area contributed by atoms with Gasteiger partial charge in [-0.15, -0.1) is 0 Å². The molecule has 0 fully saturated rings. The topological polar surface area (TPSA) is 108 Å². The van der Waals surface area contributed by atoms with Crippen LogP contribution in [0.1, 0.15) is 31.8 Å². The molecule has 0 saturated heterocycles. The molecule has 7 heteroatoms. The van der Waals surface area contributed by atoms with Gasteiger partial charge in [-0.3, -0.25) is 9.59 Å². The maximum Gasteiger partial charge on any atom is 0.255 e. The van der Waals surface area contributed by atoms with Crippen LogP contribution in [0.2, 0.25) is 0 Å². The first-order valence-corrected chi connectivity index (χ1v) is 11.0. The van der Waals surface area contributed by atoms with Crippen LogP contribution in [0.3, 0.4) is 0 Å². The number of benzene rings is 4. The molecule has 174 valence electrons. The fourth-order valence-corrected chi connectivity index (χ4v) is 4.45. The van der Waals surface area contributed by atoms with Crippen LogP contribution in [-0.2, 0) is 6.61 Å². The third-order valence-electron chi connectivity index (χ3n) is 6.24. The van der Waals surface area contributed by atoms with Crippen molar-refractivity contribution in [1.29, 1.82) is 0 Å². The maximum absolute atomic E-state index is 13.2. The number of halogens is 1. The minimum atomic E-state index is -0.549. The van der Waals surface area contributed by atoms with Gasteiger partial charge in [0, 0.05) is 27.5 Å². The summed E-state index contributed by atoms with van der Waals surface area (Å²) in [5.41, 5.74) is 11.7. The van der Waals surface area contributed by atoms with Gasteiger partial charge in [0.05, 0.1) is 17.7 Å². The molecule has 1 heterocycles. The molecule has 0 aliphatic rings. The fraction of sp³-hybridized carbons (Fsp3) is 0.0714. The Hall–Kier alpha value is -4.49. The number of aliphatic hydroxyl groups is 1. The van der Waals surface area contributed by atoms with E-state index in [-0.39, 0.29) is 12.5 Å². The maximum atomic E-state index is 13.2. The number of rotatable bonds is 5. The van der Waals surface area contributed by atoms with Gasteiger partial charge >= 0.3 is 0 Å². The van der Waals surface area contributed by atoms with Gasteiger partial charge in [-0.1, -0.05) is 30.3 Å². The monoisotopic (exact) mass is 467 g/mol. The van der Waals surface area contributed by atoms with Crippen molar-refractivity contribution in [2.24, 2.45) is 5.73 Å². The lowest BCUT2D eigenvalue weighted by Gasteiger charge is -2.15. The molecule has 0 unspecified atom stereocenters. The van der Waals surface area contributed by atoms with Gasteiger partial charge in [0.2, 0.25) is 0 Å². The molecule has 0 radical (unpaired) electrons. The first-order chi connectivity index (χ1) is 16.9. The summed E-state index contributed by atoms with van der Waals surface area (Å²) in [5.74, 6) is -1.30. The van der Waals surface area contributed by atoms with Gasteiger partial charge in [-0.2, -0.15) is 0 Å². The minimum absolute atomic E-state index is 0.101. The Morgan fingerprint density at radius 1 is 1.00 bits per heavy atom. The Morgan fingerprint density at radius 2 is 1.77 bits per heavy atom. The van der Waals surface area contributed by atoms with Crippen molar-refractivity contribution in [3.05, 3.63) is 101 Å². The predicted octanol–water partition coefficient (Wildman–Crippen LogP) is 5.28. The third-order valence-corrected chi connectivity index (χ3v) is 6.24. The van der Waals surface area contributed by atoms with Crippen molar-refractivity contribution >= 4 is 39.3 Å². The lowest BCUT2D eigenvalue weighted by molar-refractivity contribution is 0.0999. The zero-order valence-electron chi connectivity index (χ0n) is 18.9. The molecule has 5 N–H and O–H groups in total. The first-order valence-electron chi connectivity index (χ1n) is 11.0. The summed E-state index contributed by atoms with van der Waals surface area (Å²) >= 11 is 0. The lowest BCUT2D eigenvalue weighted by Crippen LogP contribution is -2.13. The highest BCUT2D eigenvalue weighted by molar-refractivity contribution is 6.20. The SMILES string of the molecule is Cc1c(NC(=O)c2ccc(F)cc2)cccc1-c1ccc(C(N)=O)c2[nH]c3cc(CO)ccc3c12. The molecule has 35 heavy (non-hydrogen) atoms. The van der Waals surface area contributed by atoms with E-state index >= 15 is 0 Å². The highest BCUT2D eigenvalue weighted by Crippen LogP contribution is 2.39. The molecular formula is C28H22FN3O3. The van der Waals surface area contributed by atoms with Gasteiger partial charge in [0.15, 0.2) is 0 Å². The number of amides is 2. The number of aromatic nitrogens is 1. The normalized spacial score (nSPS) is 11.2.